The van der Waals surface area contributed by atoms with Crippen LogP contribution in [0.3, 0.4) is 0 Å². The van der Waals surface area contributed by atoms with E-state index >= 15 is 0 Å². The monoisotopic (exact) mass is 206 g/mol. The molecule has 1 unspecified atom stereocenters. The van der Waals surface area contributed by atoms with E-state index < -0.39 is 6.10 Å². The molecule has 4 heteroatoms. The van der Waals surface area contributed by atoms with Crippen LogP contribution >= 0.6 is 23.4 Å². The van der Waals surface area contributed by atoms with Gasteiger partial charge in [0.25, 0.3) is 0 Å². The molecule has 1 aromatic heterocycles. The van der Waals surface area contributed by atoms with E-state index in [2.05, 4.69) is 0 Å². The topological polar surface area (TPSA) is 33.4 Å². The smallest absolute Gasteiger partial charge is 0.114 e. The van der Waals surface area contributed by atoms with Crippen molar-refractivity contribution >= 4 is 23.4 Å². The fourth-order valence-electron chi connectivity index (χ4n) is 0.754. The van der Waals surface area contributed by atoms with Crippen LogP contribution in [0.15, 0.2) is 21.6 Å². The van der Waals surface area contributed by atoms with Crippen molar-refractivity contribution in [2.24, 2.45) is 0 Å². The van der Waals surface area contributed by atoms with Crippen molar-refractivity contribution in [3.8, 4) is 0 Å². The van der Waals surface area contributed by atoms with E-state index in [0.717, 1.165) is 10.7 Å². The number of hydrogen-bond donors (Lipinski definition) is 1. The first-order chi connectivity index (χ1) is 5.74. The van der Waals surface area contributed by atoms with Crippen molar-refractivity contribution in [2.45, 2.75) is 17.9 Å². The van der Waals surface area contributed by atoms with E-state index in [1.54, 1.807) is 18.0 Å². The lowest BCUT2D eigenvalue weighted by atomic mass is 10.5. The summed E-state index contributed by atoms with van der Waals surface area (Å²) in [6, 6.07) is 1.89. The third-order valence-corrected chi connectivity index (χ3v) is 3.06. The van der Waals surface area contributed by atoms with E-state index in [4.69, 9.17) is 21.1 Å². The molecular formula is C8H11ClO2S. The maximum absolute atomic E-state index is 9.16. The van der Waals surface area contributed by atoms with Gasteiger partial charge in [0, 0.05) is 16.5 Å². The van der Waals surface area contributed by atoms with Crippen LogP contribution in [0.25, 0.3) is 0 Å². The largest absolute Gasteiger partial charge is 0.468 e. The summed E-state index contributed by atoms with van der Waals surface area (Å²) in [6.07, 6.45) is 1.20. The Kier molecular flexibility index (Phi) is 3.98. The van der Waals surface area contributed by atoms with Crippen molar-refractivity contribution in [3.63, 3.8) is 0 Å². The van der Waals surface area contributed by atoms with E-state index in [1.807, 2.05) is 13.0 Å². The second-order valence-electron chi connectivity index (χ2n) is 2.46. The highest BCUT2D eigenvalue weighted by Gasteiger charge is 2.06. The van der Waals surface area contributed by atoms with Gasteiger partial charge >= 0.3 is 0 Å². The molecule has 1 heterocycles. The Labute approximate surface area is 80.9 Å². The minimum atomic E-state index is -0.439. The number of thioether (sulfide) groups is 1. The SMILES string of the molecule is Cc1occc1SCC(O)CCl. The second-order valence-corrected chi connectivity index (χ2v) is 3.83. The number of furan rings is 1. The maximum atomic E-state index is 9.16. The standard InChI is InChI=1S/C8H11ClO2S/c1-6-8(2-3-11-6)12-5-7(10)4-9/h2-3,7,10H,4-5H2,1H3. The summed E-state index contributed by atoms with van der Waals surface area (Å²) in [4.78, 5) is 1.07. The van der Waals surface area contributed by atoms with Gasteiger partial charge in [0.2, 0.25) is 0 Å². The van der Waals surface area contributed by atoms with E-state index in [0.29, 0.717) is 5.75 Å². The van der Waals surface area contributed by atoms with Crippen molar-refractivity contribution in [3.05, 3.63) is 18.1 Å². The van der Waals surface area contributed by atoms with Gasteiger partial charge in [0.1, 0.15) is 5.76 Å². The van der Waals surface area contributed by atoms with Crippen LogP contribution < -0.4 is 0 Å². The molecule has 0 aliphatic heterocycles. The van der Waals surface area contributed by atoms with Crippen LogP contribution in [0.4, 0.5) is 0 Å². The second kappa shape index (κ2) is 4.80. The van der Waals surface area contributed by atoms with Crippen molar-refractivity contribution in [1.82, 2.24) is 0 Å². The summed E-state index contributed by atoms with van der Waals surface area (Å²) in [7, 11) is 0. The molecule has 0 aromatic carbocycles. The summed E-state index contributed by atoms with van der Waals surface area (Å²) in [6.45, 7) is 1.90. The van der Waals surface area contributed by atoms with Crippen LogP contribution in [0.1, 0.15) is 5.76 Å². The molecule has 1 aromatic rings. The van der Waals surface area contributed by atoms with Gasteiger partial charge in [-0.3, -0.25) is 0 Å². The molecule has 12 heavy (non-hydrogen) atoms. The predicted molar refractivity (Wildman–Crippen MR) is 50.9 cm³/mol. The van der Waals surface area contributed by atoms with Gasteiger partial charge in [-0.1, -0.05) is 0 Å². The fourth-order valence-corrected chi connectivity index (χ4v) is 1.89. The molecule has 0 bridgehead atoms. The van der Waals surface area contributed by atoms with Gasteiger partial charge in [0.05, 0.1) is 12.4 Å². The number of alkyl halides is 1. The van der Waals surface area contributed by atoms with E-state index in [1.165, 1.54) is 0 Å². The lowest BCUT2D eigenvalue weighted by Crippen LogP contribution is -2.10. The van der Waals surface area contributed by atoms with Crippen molar-refractivity contribution in [1.29, 1.82) is 0 Å². The van der Waals surface area contributed by atoms with Gasteiger partial charge in [-0.2, -0.15) is 0 Å². The van der Waals surface area contributed by atoms with E-state index in [9.17, 15) is 0 Å². The molecule has 1 atom stereocenters. The molecule has 0 aliphatic rings. The highest BCUT2D eigenvalue weighted by atomic mass is 35.5. The molecule has 0 saturated carbocycles. The summed E-state index contributed by atoms with van der Waals surface area (Å²) >= 11 is 7.00. The molecule has 0 fully saturated rings. The Bertz CT molecular complexity index is 237. The van der Waals surface area contributed by atoms with Gasteiger partial charge in [-0.15, -0.1) is 23.4 Å². The van der Waals surface area contributed by atoms with Crippen LogP contribution in [0.2, 0.25) is 0 Å². The van der Waals surface area contributed by atoms with Gasteiger partial charge < -0.3 is 9.52 Å². The summed E-state index contributed by atoms with van der Waals surface area (Å²) < 4.78 is 5.09. The summed E-state index contributed by atoms with van der Waals surface area (Å²) in [5.74, 6) is 1.79. The zero-order chi connectivity index (χ0) is 8.97. The Balaban J connectivity index is 2.38. The first kappa shape index (κ1) is 9.96. The molecule has 0 saturated heterocycles. The fraction of sp³-hybridized carbons (Fsp3) is 0.500. The van der Waals surface area contributed by atoms with Gasteiger partial charge in [-0.25, -0.2) is 0 Å². The van der Waals surface area contributed by atoms with Crippen LogP contribution in [-0.4, -0.2) is 22.8 Å². The first-order valence-electron chi connectivity index (χ1n) is 3.65. The Hall–Kier alpha value is -0.120. The van der Waals surface area contributed by atoms with Crippen LogP contribution in [-0.2, 0) is 0 Å². The normalized spacial score (nSPS) is 13.2. The number of aliphatic hydroxyl groups excluding tert-OH is 1. The van der Waals surface area contributed by atoms with Crippen LogP contribution in [0, 0.1) is 6.92 Å². The molecule has 1 N–H and O–H groups in total. The summed E-state index contributed by atoms with van der Waals surface area (Å²) in [5.41, 5.74) is 0. The lowest BCUT2D eigenvalue weighted by molar-refractivity contribution is 0.223. The number of aliphatic hydroxyl groups is 1. The molecule has 68 valence electrons. The average Bonchev–Trinajstić information content (AvgIpc) is 2.47. The minimum Gasteiger partial charge on any atom is -0.468 e. The molecule has 2 nitrogen and oxygen atoms in total. The minimum absolute atomic E-state index is 0.282. The molecule has 0 amide bonds. The molecule has 1 rings (SSSR count). The predicted octanol–water partition coefficient (Wildman–Crippen LogP) is 2.28. The zero-order valence-corrected chi connectivity index (χ0v) is 8.36. The Morgan fingerprint density at radius 3 is 3.00 bits per heavy atom. The first-order valence-corrected chi connectivity index (χ1v) is 5.17. The highest BCUT2D eigenvalue weighted by molar-refractivity contribution is 7.99. The number of halogens is 1. The highest BCUT2D eigenvalue weighted by Crippen LogP contribution is 2.23. The number of rotatable bonds is 4. The van der Waals surface area contributed by atoms with Gasteiger partial charge in [0.15, 0.2) is 0 Å². The molecule has 0 aliphatic carbocycles. The molecule has 0 spiro atoms. The van der Waals surface area contributed by atoms with E-state index in [-0.39, 0.29) is 5.88 Å². The lowest BCUT2D eigenvalue weighted by Gasteiger charge is -2.04. The van der Waals surface area contributed by atoms with Crippen LogP contribution in [0.5, 0.6) is 0 Å². The van der Waals surface area contributed by atoms with Crippen molar-refractivity contribution in [2.75, 3.05) is 11.6 Å². The number of aryl methyl sites for hydroxylation is 1. The third kappa shape index (κ3) is 2.73. The van der Waals surface area contributed by atoms with Crippen molar-refractivity contribution < 1.29 is 9.52 Å². The maximum Gasteiger partial charge on any atom is 0.114 e. The molecule has 0 radical (unpaired) electrons. The third-order valence-electron chi connectivity index (χ3n) is 1.42. The average molecular weight is 207 g/mol. The zero-order valence-electron chi connectivity index (χ0n) is 6.79. The number of hydrogen-bond acceptors (Lipinski definition) is 3. The Morgan fingerprint density at radius 2 is 2.50 bits per heavy atom. The quantitative estimate of drug-likeness (QED) is 0.606. The molecular weight excluding hydrogens is 196 g/mol. The summed E-state index contributed by atoms with van der Waals surface area (Å²) in [5, 5.41) is 9.16. The Morgan fingerprint density at radius 1 is 1.75 bits per heavy atom. The van der Waals surface area contributed by atoms with Gasteiger partial charge in [-0.05, 0) is 13.0 Å².